The number of aliphatic hydroxyl groups is 1. The van der Waals surface area contributed by atoms with Gasteiger partial charge in [-0.15, -0.1) is 0 Å². The third-order valence-corrected chi connectivity index (χ3v) is 2.57. The van der Waals surface area contributed by atoms with E-state index in [4.69, 9.17) is 5.73 Å². The van der Waals surface area contributed by atoms with Crippen LogP contribution in [0.1, 0.15) is 12.5 Å². The van der Waals surface area contributed by atoms with Gasteiger partial charge in [0.1, 0.15) is 0 Å². The number of aryl methyl sites for hydroxylation is 1. The minimum atomic E-state index is -0.753. The summed E-state index contributed by atoms with van der Waals surface area (Å²) in [6.07, 6.45) is 0. The molecule has 1 unspecified atom stereocenters. The molecule has 0 aromatic heterocycles. The highest BCUT2D eigenvalue weighted by atomic mass is 16.3. The number of rotatable bonds is 5. The van der Waals surface area contributed by atoms with Gasteiger partial charge in [-0.2, -0.15) is 0 Å². The number of nitrogens with zero attached hydrogens (tertiary/aromatic N) is 1. The highest BCUT2D eigenvalue weighted by Crippen LogP contribution is 2.18. The third-order valence-electron chi connectivity index (χ3n) is 2.57. The molecule has 0 fully saturated rings. The summed E-state index contributed by atoms with van der Waals surface area (Å²) in [6, 6.07) is 5.72. The minimum Gasteiger partial charge on any atom is -0.399 e. The van der Waals surface area contributed by atoms with Crippen molar-refractivity contribution >= 4 is 11.4 Å². The first-order valence-electron chi connectivity index (χ1n) is 5.77. The van der Waals surface area contributed by atoms with Crippen LogP contribution in [0.15, 0.2) is 18.2 Å². The quantitative estimate of drug-likeness (QED) is 0.676. The van der Waals surface area contributed by atoms with Gasteiger partial charge in [0.25, 0.3) is 0 Å². The fraction of sp³-hybridized carbons (Fsp3) is 0.538. The van der Waals surface area contributed by atoms with Crippen LogP contribution in [-0.2, 0) is 0 Å². The molecule has 1 atom stereocenters. The average Bonchev–Trinajstić information content (AvgIpc) is 2.14. The maximum atomic E-state index is 10.2. The topological polar surface area (TPSA) is 61.5 Å². The van der Waals surface area contributed by atoms with Gasteiger partial charge < -0.3 is 21.1 Å². The Kier molecular flexibility index (Phi) is 4.37. The second-order valence-electron chi connectivity index (χ2n) is 5.16. The molecule has 0 radical (unpaired) electrons. The lowest BCUT2D eigenvalue weighted by atomic mass is 10.1. The van der Waals surface area contributed by atoms with Crippen molar-refractivity contribution in [2.45, 2.75) is 19.4 Å². The van der Waals surface area contributed by atoms with Crippen LogP contribution in [0, 0.1) is 6.92 Å². The summed E-state index contributed by atoms with van der Waals surface area (Å²) < 4.78 is 0. The molecular weight excluding hydrogens is 214 g/mol. The summed E-state index contributed by atoms with van der Waals surface area (Å²) in [5.74, 6) is 0. The van der Waals surface area contributed by atoms with Crippen LogP contribution in [-0.4, -0.2) is 42.8 Å². The van der Waals surface area contributed by atoms with Crippen molar-refractivity contribution in [3.05, 3.63) is 23.8 Å². The van der Waals surface area contributed by atoms with Gasteiger partial charge >= 0.3 is 0 Å². The molecule has 1 aromatic carbocycles. The van der Waals surface area contributed by atoms with Crippen molar-refractivity contribution < 1.29 is 5.11 Å². The zero-order valence-corrected chi connectivity index (χ0v) is 11.1. The fourth-order valence-corrected chi connectivity index (χ4v) is 1.91. The van der Waals surface area contributed by atoms with Crippen molar-refractivity contribution in [1.82, 2.24) is 4.90 Å². The molecular formula is C13H23N3O. The highest BCUT2D eigenvalue weighted by molar-refractivity contribution is 5.57. The number of nitrogens with one attached hydrogen (secondary N) is 1. The van der Waals surface area contributed by atoms with Gasteiger partial charge in [-0.1, -0.05) is 0 Å². The molecule has 17 heavy (non-hydrogen) atoms. The molecule has 96 valence electrons. The molecule has 0 spiro atoms. The Morgan fingerprint density at radius 1 is 1.41 bits per heavy atom. The first kappa shape index (κ1) is 13.8. The normalized spacial score (nSPS) is 14.7. The molecule has 1 aromatic rings. The first-order chi connectivity index (χ1) is 7.80. The Morgan fingerprint density at radius 3 is 2.59 bits per heavy atom. The lowest BCUT2D eigenvalue weighted by molar-refractivity contribution is 0.0460. The molecule has 4 nitrogen and oxygen atoms in total. The van der Waals surface area contributed by atoms with Crippen LogP contribution >= 0.6 is 0 Å². The molecule has 4 heteroatoms. The second-order valence-corrected chi connectivity index (χ2v) is 5.16. The van der Waals surface area contributed by atoms with E-state index >= 15 is 0 Å². The molecule has 0 bridgehead atoms. The fourth-order valence-electron chi connectivity index (χ4n) is 1.91. The number of nitrogen functional groups attached to an aromatic ring is 1. The van der Waals surface area contributed by atoms with Gasteiger partial charge in [-0.05, 0) is 51.7 Å². The first-order valence-corrected chi connectivity index (χ1v) is 5.77. The van der Waals surface area contributed by atoms with Crippen molar-refractivity contribution in [2.75, 3.05) is 38.2 Å². The van der Waals surface area contributed by atoms with E-state index in [2.05, 4.69) is 5.32 Å². The van der Waals surface area contributed by atoms with E-state index in [1.54, 1.807) is 0 Å². The molecule has 4 N–H and O–H groups in total. The summed E-state index contributed by atoms with van der Waals surface area (Å²) in [7, 11) is 3.89. The smallest absolute Gasteiger partial charge is 0.0917 e. The van der Waals surface area contributed by atoms with Crippen molar-refractivity contribution in [2.24, 2.45) is 0 Å². The van der Waals surface area contributed by atoms with Crippen LogP contribution in [0.2, 0.25) is 0 Å². The molecule has 0 amide bonds. The zero-order valence-electron chi connectivity index (χ0n) is 11.1. The summed E-state index contributed by atoms with van der Waals surface area (Å²) in [6.45, 7) is 4.95. The van der Waals surface area contributed by atoms with E-state index in [-0.39, 0.29) is 0 Å². The summed E-state index contributed by atoms with van der Waals surface area (Å²) >= 11 is 0. The molecule has 0 saturated carbocycles. The Labute approximate surface area is 103 Å². The molecule has 0 aliphatic heterocycles. The Morgan fingerprint density at radius 2 is 2.06 bits per heavy atom. The van der Waals surface area contributed by atoms with E-state index < -0.39 is 5.60 Å². The number of hydrogen-bond donors (Lipinski definition) is 3. The minimum absolute atomic E-state index is 0.510. The van der Waals surface area contributed by atoms with Gasteiger partial charge in [-0.3, -0.25) is 0 Å². The molecule has 0 heterocycles. The number of hydrogen-bond acceptors (Lipinski definition) is 4. The van der Waals surface area contributed by atoms with Crippen LogP contribution in [0.3, 0.4) is 0 Å². The lowest BCUT2D eigenvalue weighted by Gasteiger charge is -2.27. The van der Waals surface area contributed by atoms with Crippen LogP contribution < -0.4 is 11.1 Å². The Balaban J connectivity index is 2.61. The van der Waals surface area contributed by atoms with Crippen molar-refractivity contribution in [3.8, 4) is 0 Å². The maximum absolute atomic E-state index is 10.2. The van der Waals surface area contributed by atoms with Gasteiger partial charge in [0.2, 0.25) is 0 Å². The standard InChI is InChI=1S/C13H23N3O/c1-10-7-11(14)5-6-12(10)15-8-13(2,17)9-16(3)4/h5-7,15,17H,8-9,14H2,1-4H3. The maximum Gasteiger partial charge on any atom is 0.0917 e. The zero-order chi connectivity index (χ0) is 13.1. The van der Waals surface area contributed by atoms with E-state index in [0.29, 0.717) is 13.1 Å². The van der Waals surface area contributed by atoms with E-state index in [1.807, 2.05) is 51.0 Å². The predicted octanol–water partition coefficient (Wildman–Crippen LogP) is 1.30. The number of anilines is 2. The largest absolute Gasteiger partial charge is 0.399 e. The highest BCUT2D eigenvalue weighted by Gasteiger charge is 2.21. The summed E-state index contributed by atoms with van der Waals surface area (Å²) in [4.78, 5) is 1.97. The molecule has 0 aliphatic carbocycles. The molecule has 0 aliphatic rings. The van der Waals surface area contributed by atoms with Gasteiger partial charge in [-0.25, -0.2) is 0 Å². The van der Waals surface area contributed by atoms with E-state index in [0.717, 1.165) is 16.9 Å². The van der Waals surface area contributed by atoms with Crippen LogP contribution in [0.5, 0.6) is 0 Å². The van der Waals surface area contributed by atoms with Gasteiger partial charge in [0, 0.05) is 24.5 Å². The third kappa shape index (κ3) is 4.63. The lowest BCUT2D eigenvalue weighted by Crippen LogP contribution is -2.43. The summed E-state index contributed by atoms with van der Waals surface area (Å²) in [5.41, 5.74) is 7.80. The second kappa shape index (κ2) is 5.38. The van der Waals surface area contributed by atoms with Crippen molar-refractivity contribution in [3.63, 3.8) is 0 Å². The van der Waals surface area contributed by atoms with E-state index in [1.165, 1.54) is 0 Å². The molecule has 0 saturated heterocycles. The predicted molar refractivity (Wildman–Crippen MR) is 73.3 cm³/mol. The number of benzene rings is 1. The van der Waals surface area contributed by atoms with Crippen molar-refractivity contribution in [1.29, 1.82) is 0 Å². The van der Waals surface area contributed by atoms with Gasteiger partial charge in [0.05, 0.1) is 5.60 Å². The number of likely N-dealkylation sites (N-methyl/N-ethyl adjacent to an activating group) is 1. The summed E-state index contributed by atoms with van der Waals surface area (Å²) in [5, 5.41) is 13.4. The Bertz CT molecular complexity index is 375. The van der Waals surface area contributed by atoms with Crippen LogP contribution in [0.4, 0.5) is 11.4 Å². The van der Waals surface area contributed by atoms with E-state index in [9.17, 15) is 5.11 Å². The SMILES string of the molecule is Cc1cc(N)ccc1NCC(C)(O)CN(C)C. The Hall–Kier alpha value is -1.26. The van der Waals surface area contributed by atoms with Gasteiger partial charge in [0.15, 0.2) is 0 Å². The monoisotopic (exact) mass is 237 g/mol. The molecule has 1 rings (SSSR count). The number of nitrogens with two attached hydrogens (primary N) is 1. The van der Waals surface area contributed by atoms with Crippen LogP contribution in [0.25, 0.3) is 0 Å². The average molecular weight is 237 g/mol.